The molecule has 4 rings (SSSR count). The van der Waals surface area contributed by atoms with Gasteiger partial charge < -0.3 is 25.0 Å². The third-order valence-corrected chi connectivity index (χ3v) is 7.22. The van der Waals surface area contributed by atoms with Crippen LogP contribution in [0.15, 0.2) is 23.2 Å². The molecule has 3 fully saturated rings. The third-order valence-electron chi connectivity index (χ3n) is 7.22. The van der Waals surface area contributed by atoms with E-state index < -0.39 is 0 Å². The van der Waals surface area contributed by atoms with E-state index in [1.807, 2.05) is 19.2 Å². The molecule has 31 heavy (non-hydrogen) atoms. The number of aliphatic imine (C=N–C) groups is 1. The summed E-state index contributed by atoms with van der Waals surface area (Å²) in [5.41, 5.74) is 1.12. The molecule has 6 nitrogen and oxygen atoms in total. The van der Waals surface area contributed by atoms with Crippen LogP contribution in [0.3, 0.4) is 0 Å². The minimum Gasteiger partial charge on any atom is -0.493 e. The van der Waals surface area contributed by atoms with Crippen molar-refractivity contribution in [1.29, 1.82) is 0 Å². The van der Waals surface area contributed by atoms with Gasteiger partial charge in [-0.25, -0.2) is 0 Å². The van der Waals surface area contributed by atoms with Crippen LogP contribution in [0.4, 0.5) is 0 Å². The molecule has 2 aliphatic heterocycles. The zero-order valence-electron chi connectivity index (χ0n) is 19.2. The quantitative estimate of drug-likeness (QED) is 0.319. The normalized spacial score (nSPS) is 26.8. The first kappa shape index (κ1) is 24.4. The molecule has 0 amide bonds. The Labute approximate surface area is 204 Å². The summed E-state index contributed by atoms with van der Waals surface area (Å²) >= 11 is 0. The second-order valence-corrected chi connectivity index (χ2v) is 9.12. The van der Waals surface area contributed by atoms with Crippen LogP contribution in [0.25, 0.3) is 0 Å². The number of halogens is 1. The highest BCUT2D eigenvalue weighted by molar-refractivity contribution is 14.0. The fraction of sp³-hybridized carbons (Fsp3) is 0.708. The van der Waals surface area contributed by atoms with E-state index >= 15 is 0 Å². The van der Waals surface area contributed by atoms with Crippen molar-refractivity contribution in [3.05, 3.63) is 23.8 Å². The van der Waals surface area contributed by atoms with Gasteiger partial charge in [0, 0.05) is 37.3 Å². The van der Waals surface area contributed by atoms with Gasteiger partial charge in [0.2, 0.25) is 0 Å². The van der Waals surface area contributed by atoms with Gasteiger partial charge in [0.05, 0.1) is 13.2 Å². The van der Waals surface area contributed by atoms with Crippen molar-refractivity contribution < 1.29 is 9.47 Å². The number of ether oxygens (including phenoxy) is 2. The summed E-state index contributed by atoms with van der Waals surface area (Å²) in [6.07, 6.45) is 11.5. The van der Waals surface area contributed by atoms with Gasteiger partial charge in [-0.2, -0.15) is 0 Å². The molecule has 1 aliphatic carbocycles. The van der Waals surface area contributed by atoms with Crippen LogP contribution in [-0.2, 0) is 6.54 Å². The van der Waals surface area contributed by atoms with E-state index in [9.17, 15) is 0 Å². The van der Waals surface area contributed by atoms with E-state index in [-0.39, 0.29) is 24.0 Å². The maximum atomic E-state index is 6.38. The number of hydrogen-bond donors (Lipinski definition) is 2. The number of nitrogens with zero attached hydrogens (tertiary/aromatic N) is 2. The predicted octanol–water partition coefficient (Wildman–Crippen LogP) is 4.31. The minimum absolute atomic E-state index is 0. The van der Waals surface area contributed by atoms with Crippen LogP contribution < -0.4 is 20.1 Å². The lowest BCUT2D eigenvalue weighted by Gasteiger charge is -2.47. The van der Waals surface area contributed by atoms with E-state index in [1.165, 1.54) is 44.9 Å². The molecule has 2 bridgehead atoms. The molecule has 3 aliphatic rings. The van der Waals surface area contributed by atoms with Gasteiger partial charge in [-0.1, -0.05) is 18.6 Å². The molecular weight excluding hydrogens is 503 g/mol. The zero-order chi connectivity index (χ0) is 20.9. The fourth-order valence-electron chi connectivity index (χ4n) is 5.47. The lowest BCUT2D eigenvalue weighted by Crippen LogP contribution is -2.56. The van der Waals surface area contributed by atoms with Crippen molar-refractivity contribution in [3.8, 4) is 11.5 Å². The number of methoxy groups -OCH3 is 1. The van der Waals surface area contributed by atoms with Crippen molar-refractivity contribution in [2.24, 2.45) is 4.99 Å². The van der Waals surface area contributed by atoms with Crippen LogP contribution in [0.5, 0.6) is 11.5 Å². The van der Waals surface area contributed by atoms with Gasteiger partial charge in [0.15, 0.2) is 17.5 Å². The van der Waals surface area contributed by atoms with Crippen LogP contribution in [0.2, 0.25) is 0 Å². The Morgan fingerprint density at radius 2 is 1.81 bits per heavy atom. The van der Waals surface area contributed by atoms with E-state index in [0.717, 1.165) is 35.9 Å². The Balaban J connectivity index is 0.00000272. The maximum Gasteiger partial charge on any atom is 0.191 e. The highest BCUT2D eigenvalue weighted by atomic mass is 127. The molecule has 2 N–H and O–H groups in total. The van der Waals surface area contributed by atoms with Crippen LogP contribution in [0, 0.1) is 0 Å². The van der Waals surface area contributed by atoms with Gasteiger partial charge in [0.25, 0.3) is 0 Å². The molecule has 2 atom stereocenters. The Hall–Kier alpha value is -1.22. The standard InChI is InChI=1S/C24H38N4O2.HI/c1-25-24(27-18-14-19-9-7-10-20(15-18)28(19)2)26-16-17-8-6-13-22(29-3)23(17)30-21-11-4-5-12-21;/h6,8,13,18-21H,4-5,7,9-12,14-16H2,1-3H3,(H2,25,26,27);1H. The van der Waals surface area contributed by atoms with Crippen LogP contribution in [-0.4, -0.2) is 56.3 Å². The summed E-state index contributed by atoms with van der Waals surface area (Å²) in [6, 6.07) is 8.04. The second-order valence-electron chi connectivity index (χ2n) is 9.12. The highest BCUT2D eigenvalue weighted by Crippen LogP contribution is 2.35. The van der Waals surface area contributed by atoms with Crippen LogP contribution in [0.1, 0.15) is 63.4 Å². The first-order valence-electron chi connectivity index (χ1n) is 11.7. The van der Waals surface area contributed by atoms with Crippen molar-refractivity contribution in [2.45, 2.75) is 88.6 Å². The molecule has 2 saturated heterocycles. The zero-order valence-corrected chi connectivity index (χ0v) is 21.6. The molecule has 2 heterocycles. The molecular formula is C24H39IN4O2. The lowest BCUT2D eigenvalue weighted by atomic mass is 9.82. The van der Waals surface area contributed by atoms with E-state index in [0.29, 0.717) is 30.8 Å². The monoisotopic (exact) mass is 542 g/mol. The number of benzene rings is 1. The Morgan fingerprint density at radius 1 is 1.10 bits per heavy atom. The predicted molar refractivity (Wildman–Crippen MR) is 137 cm³/mol. The topological polar surface area (TPSA) is 58.1 Å². The average Bonchev–Trinajstić information content (AvgIpc) is 3.25. The number of guanidine groups is 1. The molecule has 1 saturated carbocycles. The van der Waals surface area contributed by atoms with Gasteiger partial charge >= 0.3 is 0 Å². The summed E-state index contributed by atoms with van der Waals surface area (Å²) in [5, 5.41) is 7.20. The van der Waals surface area contributed by atoms with Crippen molar-refractivity contribution in [3.63, 3.8) is 0 Å². The smallest absolute Gasteiger partial charge is 0.191 e. The van der Waals surface area contributed by atoms with E-state index in [4.69, 9.17) is 9.47 Å². The second kappa shape index (κ2) is 11.6. The van der Waals surface area contributed by atoms with Crippen molar-refractivity contribution >= 4 is 29.9 Å². The summed E-state index contributed by atoms with van der Waals surface area (Å²) in [6.45, 7) is 0.665. The van der Waals surface area contributed by atoms with Crippen molar-refractivity contribution in [2.75, 3.05) is 21.2 Å². The summed E-state index contributed by atoms with van der Waals surface area (Å²) in [4.78, 5) is 7.09. The molecule has 7 heteroatoms. The van der Waals surface area contributed by atoms with Gasteiger partial charge in [0.1, 0.15) is 0 Å². The number of piperidine rings is 2. The lowest BCUT2D eigenvalue weighted by molar-refractivity contribution is 0.0526. The molecule has 1 aromatic carbocycles. The van der Waals surface area contributed by atoms with Gasteiger partial charge in [-0.15, -0.1) is 24.0 Å². The Morgan fingerprint density at radius 3 is 2.45 bits per heavy atom. The van der Waals surface area contributed by atoms with Crippen molar-refractivity contribution in [1.82, 2.24) is 15.5 Å². The fourth-order valence-corrected chi connectivity index (χ4v) is 5.47. The molecule has 0 spiro atoms. The SMILES string of the molecule is CN=C(NCc1cccc(OC)c1OC1CCCC1)NC1CC2CCCC(C1)N2C.I. The van der Waals surface area contributed by atoms with Gasteiger partial charge in [-0.3, -0.25) is 4.99 Å². The average molecular weight is 543 g/mol. The summed E-state index contributed by atoms with van der Waals surface area (Å²) in [7, 11) is 5.87. The first-order valence-corrected chi connectivity index (χ1v) is 11.7. The molecule has 2 unspecified atom stereocenters. The van der Waals surface area contributed by atoms with Crippen LogP contribution >= 0.6 is 24.0 Å². The first-order chi connectivity index (χ1) is 14.7. The van der Waals surface area contributed by atoms with E-state index in [2.05, 4.69) is 33.6 Å². The summed E-state index contributed by atoms with van der Waals surface area (Å²) < 4.78 is 12.0. The third kappa shape index (κ3) is 5.97. The Kier molecular flexibility index (Phi) is 9.13. The molecule has 0 radical (unpaired) electrons. The molecule has 0 aromatic heterocycles. The number of para-hydroxylation sites is 1. The minimum atomic E-state index is 0. The van der Waals surface area contributed by atoms with E-state index in [1.54, 1.807) is 7.11 Å². The molecule has 1 aromatic rings. The highest BCUT2D eigenvalue weighted by Gasteiger charge is 2.36. The number of fused-ring (bicyclic) bond motifs is 2. The molecule has 174 valence electrons. The number of hydrogen-bond acceptors (Lipinski definition) is 4. The number of nitrogens with one attached hydrogen (secondary N) is 2. The maximum absolute atomic E-state index is 6.38. The largest absolute Gasteiger partial charge is 0.493 e. The Bertz CT molecular complexity index is 724. The van der Waals surface area contributed by atoms with Gasteiger partial charge in [-0.05, 0) is 64.5 Å². The number of rotatable bonds is 6. The summed E-state index contributed by atoms with van der Waals surface area (Å²) in [5.74, 6) is 2.56.